The lowest BCUT2D eigenvalue weighted by molar-refractivity contribution is -0.384. The maximum atomic E-state index is 11.1. The summed E-state index contributed by atoms with van der Waals surface area (Å²) in [6, 6.07) is 14.4. The van der Waals surface area contributed by atoms with E-state index >= 15 is 0 Å². The second-order valence-electron chi connectivity index (χ2n) is 5.72. The number of hydrogen-bond donors (Lipinski definition) is 0. The molecule has 0 saturated heterocycles. The van der Waals surface area contributed by atoms with Gasteiger partial charge in [-0.1, -0.05) is 42.8 Å². The molecule has 0 amide bonds. The lowest BCUT2D eigenvalue weighted by Crippen LogP contribution is -1.90. The van der Waals surface area contributed by atoms with Gasteiger partial charge in [0.05, 0.1) is 4.92 Å². The van der Waals surface area contributed by atoms with Gasteiger partial charge in [-0.3, -0.25) is 10.1 Å². The van der Waals surface area contributed by atoms with E-state index < -0.39 is 4.92 Å². The summed E-state index contributed by atoms with van der Waals surface area (Å²) in [6.07, 6.45) is 0.619. The van der Waals surface area contributed by atoms with Crippen LogP contribution in [0.5, 0.6) is 0 Å². The minimum atomic E-state index is -0.412. The molecule has 5 nitrogen and oxygen atoms in total. The van der Waals surface area contributed by atoms with E-state index in [0.717, 1.165) is 21.9 Å². The van der Waals surface area contributed by atoms with Gasteiger partial charge in [-0.2, -0.15) is 0 Å². The van der Waals surface area contributed by atoms with Crippen LogP contribution in [-0.4, -0.2) is 9.91 Å². The fourth-order valence-electron chi connectivity index (χ4n) is 3.03. The van der Waals surface area contributed by atoms with Gasteiger partial charge in [-0.15, -0.1) is 0 Å². The fraction of sp³-hybridized carbons (Fsp3) is 0.105. The number of benzene rings is 3. The summed E-state index contributed by atoms with van der Waals surface area (Å²) in [5, 5.41) is 13.6. The fourth-order valence-corrected chi connectivity index (χ4v) is 3.26. The number of oxazole rings is 1. The van der Waals surface area contributed by atoms with Crippen LogP contribution in [-0.2, 0) is 6.42 Å². The van der Waals surface area contributed by atoms with E-state index in [2.05, 4.69) is 4.98 Å². The van der Waals surface area contributed by atoms with Crippen molar-refractivity contribution in [3.8, 4) is 11.5 Å². The maximum absolute atomic E-state index is 11.1. The van der Waals surface area contributed by atoms with Gasteiger partial charge in [0.1, 0.15) is 5.52 Å². The minimum absolute atomic E-state index is 0.0187. The molecular weight excluding hydrogens is 340 g/mol. The second-order valence-corrected chi connectivity index (χ2v) is 6.13. The molecule has 6 heteroatoms. The third-order valence-electron chi connectivity index (χ3n) is 4.24. The van der Waals surface area contributed by atoms with E-state index in [1.165, 1.54) is 12.1 Å². The van der Waals surface area contributed by atoms with Gasteiger partial charge in [0.25, 0.3) is 5.69 Å². The highest BCUT2D eigenvalue weighted by atomic mass is 35.5. The Labute approximate surface area is 148 Å². The zero-order valence-electron chi connectivity index (χ0n) is 13.3. The van der Waals surface area contributed by atoms with Crippen molar-refractivity contribution in [1.29, 1.82) is 0 Å². The Bertz CT molecular complexity index is 1130. The zero-order chi connectivity index (χ0) is 17.6. The summed E-state index contributed by atoms with van der Waals surface area (Å²) in [7, 11) is 0. The smallest absolute Gasteiger partial charge is 0.272 e. The monoisotopic (exact) mass is 352 g/mol. The van der Waals surface area contributed by atoms with Crippen LogP contribution in [0.15, 0.2) is 52.9 Å². The largest absolute Gasteiger partial charge is 0.436 e. The van der Waals surface area contributed by atoms with Gasteiger partial charge in [-0.25, -0.2) is 4.98 Å². The van der Waals surface area contributed by atoms with Crippen molar-refractivity contribution in [1.82, 2.24) is 4.98 Å². The van der Waals surface area contributed by atoms with Crippen molar-refractivity contribution in [2.45, 2.75) is 13.3 Å². The van der Waals surface area contributed by atoms with Crippen molar-refractivity contribution in [2.24, 2.45) is 0 Å². The molecule has 1 aromatic heterocycles. The first kappa shape index (κ1) is 15.6. The van der Waals surface area contributed by atoms with E-state index in [1.807, 2.05) is 43.3 Å². The summed E-state index contributed by atoms with van der Waals surface area (Å²) in [4.78, 5) is 15.2. The third kappa shape index (κ3) is 2.53. The number of aromatic nitrogens is 1. The topological polar surface area (TPSA) is 69.2 Å². The molecule has 0 unspecified atom stereocenters. The van der Waals surface area contributed by atoms with Crippen molar-refractivity contribution >= 4 is 39.2 Å². The van der Waals surface area contributed by atoms with E-state index in [0.29, 0.717) is 28.4 Å². The number of fused-ring (bicyclic) bond motifs is 2. The van der Waals surface area contributed by atoms with Crippen LogP contribution in [0.1, 0.15) is 12.5 Å². The molecule has 0 saturated carbocycles. The Morgan fingerprint density at radius 2 is 1.92 bits per heavy atom. The standard InChI is InChI=1S/C19H13ClN2O3/c1-2-11-9-12(22(23)24)10-17-18(11)25-19(21-17)15-7-3-6-14-13(15)5-4-8-16(14)20/h3-10H,2H2,1H3. The highest BCUT2D eigenvalue weighted by Crippen LogP contribution is 2.35. The molecule has 0 aliphatic rings. The number of halogens is 1. The van der Waals surface area contributed by atoms with Crippen LogP contribution < -0.4 is 0 Å². The molecule has 124 valence electrons. The molecule has 4 rings (SSSR count). The molecule has 0 aliphatic heterocycles. The zero-order valence-corrected chi connectivity index (χ0v) is 14.1. The molecule has 0 N–H and O–H groups in total. The normalized spacial score (nSPS) is 11.3. The first-order chi connectivity index (χ1) is 12.1. The van der Waals surface area contributed by atoms with Crippen molar-refractivity contribution in [2.75, 3.05) is 0 Å². The van der Waals surface area contributed by atoms with Crippen molar-refractivity contribution in [3.05, 3.63) is 69.2 Å². The van der Waals surface area contributed by atoms with Gasteiger partial charge in [0.15, 0.2) is 5.58 Å². The maximum Gasteiger partial charge on any atom is 0.272 e. The van der Waals surface area contributed by atoms with Crippen molar-refractivity contribution in [3.63, 3.8) is 0 Å². The van der Waals surface area contributed by atoms with E-state index in [9.17, 15) is 10.1 Å². The predicted molar refractivity (Wildman–Crippen MR) is 98.0 cm³/mol. The first-order valence-electron chi connectivity index (χ1n) is 7.84. The van der Waals surface area contributed by atoms with E-state index in [4.69, 9.17) is 16.0 Å². The van der Waals surface area contributed by atoms with Gasteiger partial charge < -0.3 is 4.42 Å². The molecule has 0 fully saturated rings. The summed E-state index contributed by atoms with van der Waals surface area (Å²) < 4.78 is 5.98. The average molecular weight is 353 g/mol. The van der Waals surface area contributed by atoms with Crippen LogP contribution >= 0.6 is 11.6 Å². The second kappa shape index (κ2) is 5.86. The summed E-state index contributed by atoms with van der Waals surface area (Å²) >= 11 is 6.27. The Hall–Kier alpha value is -2.92. The van der Waals surface area contributed by atoms with Crippen LogP contribution in [0.4, 0.5) is 5.69 Å². The Kier molecular flexibility index (Phi) is 3.66. The van der Waals surface area contributed by atoms with Crippen LogP contribution in [0.3, 0.4) is 0 Å². The molecule has 0 aliphatic carbocycles. The van der Waals surface area contributed by atoms with Crippen LogP contribution in [0, 0.1) is 10.1 Å². The van der Waals surface area contributed by atoms with Crippen LogP contribution in [0.2, 0.25) is 5.02 Å². The molecule has 0 radical (unpaired) electrons. The molecule has 3 aromatic carbocycles. The number of rotatable bonds is 3. The minimum Gasteiger partial charge on any atom is -0.436 e. The number of aryl methyl sites for hydroxylation is 1. The van der Waals surface area contributed by atoms with E-state index in [1.54, 1.807) is 0 Å². The van der Waals surface area contributed by atoms with Gasteiger partial charge in [0, 0.05) is 33.7 Å². The lowest BCUT2D eigenvalue weighted by Gasteiger charge is -2.04. The number of nitro benzene ring substituents is 1. The van der Waals surface area contributed by atoms with Gasteiger partial charge >= 0.3 is 0 Å². The summed E-state index contributed by atoms with van der Waals surface area (Å²) in [5.74, 6) is 0.429. The van der Waals surface area contributed by atoms with Gasteiger partial charge in [0.2, 0.25) is 5.89 Å². The number of nitrogens with zero attached hydrogens (tertiary/aromatic N) is 2. The van der Waals surface area contributed by atoms with E-state index in [-0.39, 0.29) is 5.69 Å². The predicted octanol–water partition coefficient (Wildman–Crippen LogP) is 5.77. The molecule has 0 spiro atoms. The molecule has 1 heterocycles. The highest BCUT2D eigenvalue weighted by molar-refractivity contribution is 6.35. The summed E-state index contributed by atoms with van der Waals surface area (Å²) in [5.41, 5.74) is 2.66. The number of hydrogen-bond acceptors (Lipinski definition) is 4. The Morgan fingerprint density at radius 3 is 2.68 bits per heavy atom. The average Bonchev–Trinajstić information content (AvgIpc) is 3.04. The third-order valence-corrected chi connectivity index (χ3v) is 4.57. The van der Waals surface area contributed by atoms with Crippen molar-refractivity contribution < 1.29 is 9.34 Å². The lowest BCUT2D eigenvalue weighted by atomic mass is 10.0. The number of non-ortho nitro benzene ring substituents is 1. The molecular formula is C19H13ClN2O3. The Morgan fingerprint density at radius 1 is 1.16 bits per heavy atom. The summed E-state index contributed by atoms with van der Waals surface area (Å²) in [6.45, 7) is 1.93. The molecule has 25 heavy (non-hydrogen) atoms. The quantitative estimate of drug-likeness (QED) is 0.346. The highest BCUT2D eigenvalue weighted by Gasteiger charge is 2.18. The van der Waals surface area contributed by atoms with Gasteiger partial charge in [-0.05, 0) is 23.9 Å². The SMILES string of the molecule is CCc1cc([N+](=O)[O-])cc2nc(-c3cccc4c(Cl)cccc34)oc12. The first-order valence-corrected chi connectivity index (χ1v) is 8.21. The number of nitro groups is 1. The molecule has 4 aromatic rings. The molecule has 0 atom stereocenters. The Balaban J connectivity index is 2.00. The van der Waals surface area contributed by atoms with Crippen LogP contribution in [0.25, 0.3) is 33.3 Å². The molecule has 0 bridgehead atoms.